The first-order valence-electron chi connectivity index (χ1n) is 20.6. The van der Waals surface area contributed by atoms with Crippen molar-refractivity contribution in [2.45, 2.75) is 0 Å². The van der Waals surface area contributed by atoms with Crippen molar-refractivity contribution in [1.82, 2.24) is 0 Å². The molecule has 2 nitrogen and oxygen atoms in total. The van der Waals surface area contributed by atoms with Gasteiger partial charge in [0, 0.05) is 10.8 Å². The predicted octanol–water partition coefficient (Wildman–Crippen LogP) is 9.97. The number of benzene rings is 6. The van der Waals surface area contributed by atoms with Gasteiger partial charge >= 0.3 is 0 Å². The summed E-state index contributed by atoms with van der Waals surface area (Å²) in [5, 5.41) is -3.24. The molecule has 0 saturated carbocycles. The molecule has 0 bridgehead atoms. The molecule has 0 atom stereocenters. The minimum atomic E-state index is -0.876. The lowest BCUT2D eigenvalue weighted by atomic mass is 9.86. The summed E-state index contributed by atoms with van der Waals surface area (Å²) in [6.45, 7) is 0. The fraction of sp³-hybridized carbons (Fsp3) is 0. The average Bonchev–Trinajstić information content (AvgIpc) is 3.71. The molecule has 0 aliphatic carbocycles. The molecular formula is C34H20O2. The van der Waals surface area contributed by atoms with Gasteiger partial charge in [-0.2, -0.15) is 0 Å². The number of hydrogen-bond donors (Lipinski definition) is 0. The first-order valence-corrected chi connectivity index (χ1v) is 10.6. The molecule has 36 heavy (non-hydrogen) atoms. The molecule has 8 rings (SSSR count). The molecule has 0 aliphatic heterocycles. The summed E-state index contributed by atoms with van der Waals surface area (Å²) in [5.41, 5.74) is -3.58. The van der Waals surface area contributed by atoms with E-state index < -0.39 is 170 Å². The highest BCUT2D eigenvalue weighted by atomic mass is 16.3. The molecular weight excluding hydrogens is 440 g/mol. The number of furan rings is 2. The van der Waals surface area contributed by atoms with Crippen molar-refractivity contribution in [2.24, 2.45) is 0 Å². The third-order valence-corrected chi connectivity index (χ3v) is 5.92. The van der Waals surface area contributed by atoms with Crippen LogP contribution in [-0.4, -0.2) is 0 Å². The molecule has 0 aliphatic rings. The quantitative estimate of drug-likeness (QED) is 0.230. The summed E-state index contributed by atoms with van der Waals surface area (Å²) in [7, 11) is 0. The van der Waals surface area contributed by atoms with Gasteiger partial charge in [0.2, 0.25) is 0 Å². The van der Waals surface area contributed by atoms with Gasteiger partial charge in [0.1, 0.15) is 18.1 Å². The molecule has 2 aromatic heterocycles. The Morgan fingerprint density at radius 3 is 1.75 bits per heavy atom. The second-order valence-electron chi connectivity index (χ2n) is 7.79. The third kappa shape index (κ3) is 2.67. The Hall–Kier alpha value is -4.82. The van der Waals surface area contributed by atoms with Crippen LogP contribution in [0.15, 0.2) is 130 Å². The molecule has 0 fully saturated rings. The van der Waals surface area contributed by atoms with Gasteiger partial charge in [0.15, 0.2) is 0 Å². The van der Waals surface area contributed by atoms with Crippen LogP contribution in [0.3, 0.4) is 0 Å². The minimum absolute atomic E-state index is 0.226. The van der Waals surface area contributed by atoms with Gasteiger partial charge in [-0.25, -0.2) is 0 Å². The number of fused-ring (bicyclic) bond motifs is 7. The van der Waals surface area contributed by atoms with Crippen LogP contribution in [0.1, 0.15) is 27.4 Å². The van der Waals surface area contributed by atoms with Gasteiger partial charge in [-0.1, -0.05) is 84.6 Å². The average molecular weight is 481 g/mol. The van der Waals surface area contributed by atoms with E-state index in [1.807, 2.05) is 0 Å². The van der Waals surface area contributed by atoms with E-state index >= 15 is 0 Å². The van der Waals surface area contributed by atoms with Crippen LogP contribution in [0.2, 0.25) is 0 Å². The van der Waals surface area contributed by atoms with Crippen molar-refractivity contribution >= 4 is 54.5 Å². The van der Waals surface area contributed by atoms with Crippen LogP contribution in [0.5, 0.6) is 0 Å². The van der Waals surface area contributed by atoms with Crippen LogP contribution in [0.25, 0.3) is 76.7 Å². The van der Waals surface area contributed by atoms with Crippen LogP contribution in [0.4, 0.5) is 0 Å². The fourth-order valence-electron chi connectivity index (χ4n) is 4.44. The van der Waals surface area contributed by atoms with Crippen molar-refractivity contribution in [1.29, 1.82) is 0 Å². The zero-order valence-corrected chi connectivity index (χ0v) is 17.8. The van der Waals surface area contributed by atoms with Crippen molar-refractivity contribution in [3.63, 3.8) is 0 Å². The highest BCUT2D eigenvalue weighted by molar-refractivity contribution is 6.22. The number of rotatable bonds is 2. The molecule has 6 aromatic carbocycles. The highest BCUT2D eigenvalue weighted by Gasteiger charge is 2.18. The molecule has 0 unspecified atom stereocenters. The van der Waals surface area contributed by atoms with Crippen molar-refractivity contribution in [3.8, 4) is 22.3 Å². The van der Waals surface area contributed by atoms with E-state index in [1.165, 1.54) is 0 Å². The largest absolute Gasteiger partial charge is 0.464 e. The molecule has 0 spiro atoms. The SMILES string of the molecule is [2H]c1oc2c([2H])c([2H])c3c(oc4c([2H])c([2H])c(-c5c6c([2H])c([2H])c([2H])c([2H])c6c(-c6c([2H])c([2H])c([2H])c([2H])c6[2H])c6c([2H])c([2H])c([2H])c([2H])c56)c([2H])c43)c2c1[2H]. The van der Waals surface area contributed by atoms with Crippen molar-refractivity contribution in [3.05, 3.63) is 121 Å². The highest BCUT2D eigenvalue weighted by Crippen LogP contribution is 2.45. The zero-order chi connectivity index (χ0) is 41.0. The summed E-state index contributed by atoms with van der Waals surface area (Å²) in [5.74, 6) is 0. The Labute approximate surface area is 235 Å². The second kappa shape index (κ2) is 7.34. The maximum Gasteiger partial charge on any atom is 0.146 e. The monoisotopic (exact) mass is 480 g/mol. The smallest absolute Gasteiger partial charge is 0.146 e. The van der Waals surface area contributed by atoms with Crippen LogP contribution in [-0.2, 0) is 0 Å². The molecule has 0 N–H and O–H groups in total. The Kier molecular flexibility index (Phi) is 1.71. The minimum Gasteiger partial charge on any atom is -0.464 e. The zero-order valence-electron chi connectivity index (χ0n) is 37.8. The Morgan fingerprint density at radius 2 is 1.06 bits per heavy atom. The lowest BCUT2D eigenvalue weighted by Crippen LogP contribution is -1.90. The molecule has 0 radical (unpaired) electrons. The first kappa shape index (κ1) is 8.39. The summed E-state index contributed by atoms with van der Waals surface area (Å²) in [4.78, 5) is 0. The van der Waals surface area contributed by atoms with Gasteiger partial charge < -0.3 is 8.83 Å². The Bertz CT molecular complexity index is 3090. The standard InChI is InChI=1S/C34H20O2/c1-2-8-21(9-3-1)32-23-10-4-6-12-25(23)33(26-13-7-5-11-24(26)32)22-14-16-31-29(20-22)27-15-17-30-28(18-19-35-30)34(27)36-31/h1-20H/i1D,2D,3D,4D,5D,6D,7D,8D,9D,10D,11D,12D,13D,14D,15D,16D,17D,18D,19D,20D. The Morgan fingerprint density at radius 1 is 0.444 bits per heavy atom. The van der Waals surface area contributed by atoms with Gasteiger partial charge in [-0.05, 0) is 74.0 Å². The van der Waals surface area contributed by atoms with E-state index in [9.17, 15) is 2.74 Å². The molecule has 0 amide bonds. The maximum atomic E-state index is 9.57. The lowest BCUT2D eigenvalue weighted by Gasteiger charge is -2.17. The fourth-order valence-corrected chi connectivity index (χ4v) is 4.44. The lowest BCUT2D eigenvalue weighted by molar-refractivity contribution is 0.615. The molecule has 2 heterocycles. The van der Waals surface area contributed by atoms with Crippen LogP contribution < -0.4 is 0 Å². The third-order valence-electron chi connectivity index (χ3n) is 5.92. The van der Waals surface area contributed by atoms with Gasteiger partial charge in [-0.15, -0.1) is 0 Å². The van der Waals surface area contributed by atoms with E-state index in [2.05, 4.69) is 0 Å². The molecule has 2 heteroatoms. The van der Waals surface area contributed by atoms with E-state index in [0.29, 0.717) is 0 Å². The van der Waals surface area contributed by atoms with E-state index in [4.69, 9.17) is 33.5 Å². The van der Waals surface area contributed by atoms with E-state index in [1.54, 1.807) is 0 Å². The van der Waals surface area contributed by atoms with Crippen LogP contribution >= 0.6 is 0 Å². The van der Waals surface area contributed by atoms with Gasteiger partial charge in [0.25, 0.3) is 0 Å². The number of hydrogen-bond acceptors (Lipinski definition) is 2. The van der Waals surface area contributed by atoms with E-state index in [0.717, 1.165) is 0 Å². The van der Waals surface area contributed by atoms with Crippen molar-refractivity contribution < 1.29 is 36.2 Å². The van der Waals surface area contributed by atoms with E-state index in [-0.39, 0.29) is 27.3 Å². The van der Waals surface area contributed by atoms with Gasteiger partial charge in [0.05, 0.1) is 37.7 Å². The first-order chi connectivity index (χ1) is 26.2. The summed E-state index contributed by atoms with van der Waals surface area (Å²) < 4.78 is 186. The topological polar surface area (TPSA) is 26.3 Å². The summed E-state index contributed by atoms with van der Waals surface area (Å²) in [6.07, 6.45) is -0.666. The molecule has 0 saturated heterocycles. The normalized spacial score (nSPS) is 19.7. The Balaban J connectivity index is 1.75. The molecule has 8 aromatic rings. The van der Waals surface area contributed by atoms with Crippen molar-refractivity contribution in [2.75, 3.05) is 0 Å². The maximum absolute atomic E-state index is 9.57. The summed E-state index contributed by atoms with van der Waals surface area (Å²) >= 11 is 0. The van der Waals surface area contributed by atoms with Crippen LogP contribution in [0, 0.1) is 0 Å². The predicted molar refractivity (Wildman–Crippen MR) is 149 cm³/mol. The second-order valence-corrected chi connectivity index (χ2v) is 7.79. The van der Waals surface area contributed by atoms with Gasteiger partial charge in [-0.3, -0.25) is 0 Å². The molecule has 168 valence electrons. The summed E-state index contributed by atoms with van der Waals surface area (Å²) in [6, 6.07) is -15.3.